The van der Waals surface area contributed by atoms with Crippen molar-refractivity contribution < 1.29 is 34.5 Å². The number of carbonyl (C=O) groups excluding carboxylic acids is 2. The molecule has 0 radical (unpaired) electrons. The fraction of sp³-hybridized carbons (Fsp3) is 0.143. The molecule has 1 aromatic carbocycles. The van der Waals surface area contributed by atoms with Crippen LogP contribution in [-0.4, -0.2) is 57.1 Å². The van der Waals surface area contributed by atoms with Gasteiger partial charge in [-0.2, -0.15) is 0 Å². The van der Waals surface area contributed by atoms with Gasteiger partial charge in [-0.15, -0.1) is 0 Å². The van der Waals surface area contributed by atoms with Crippen LogP contribution in [0.1, 0.15) is 20.7 Å². The molecule has 0 fully saturated rings. The number of carboxylic acid groups (broad SMARTS) is 2. The van der Waals surface area contributed by atoms with Gasteiger partial charge in [0.1, 0.15) is 5.70 Å². The first kappa shape index (κ1) is 21.3. The van der Waals surface area contributed by atoms with Crippen LogP contribution < -0.4 is 5.32 Å². The molecule has 2 rings (SSSR count). The van der Waals surface area contributed by atoms with Crippen LogP contribution in [0.2, 0.25) is 0 Å². The minimum atomic E-state index is -1.31. The Hall–Kier alpha value is -1.01. The maximum atomic E-state index is 12.3. The number of β-amino-alcohol motifs (C(OH)–C–C–N with tert-alkyl or cyclic N) is 1. The molecule has 0 spiro atoms. The number of anilines is 1. The van der Waals surface area contributed by atoms with Crippen molar-refractivity contribution in [1.29, 1.82) is 0 Å². The maximum absolute atomic E-state index is 12.3. The van der Waals surface area contributed by atoms with E-state index in [0.29, 0.717) is 0 Å². The second kappa shape index (κ2) is 8.34. The first-order valence-electron chi connectivity index (χ1n) is 6.74. The Morgan fingerprint density at radius 1 is 1.00 bits per heavy atom. The molecule has 1 aliphatic rings. The van der Waals surface area contributed by atoms with Gasteiger partial charge >= 0.3 is 11.9 Å². The lowest BCUT2D eigenvalue weighted by Gasteiger charge is -2.18. The first-order valence-corrected chi connectivity index (χ1v) is 9.97. The van der Waals surface area contributed by atoms with Gasteiger partial charge in [-0.1, -0.05) is 0 Å². The molecule has 2 amide bonds. The summed E-state index contributed by atoms with van der Waals surface area (Å²) >= 11 is 5.15. The number of nitrogens with one attached hydrogen (secondary N) is 1. The molecule has 12 heteroatoms. The van der Waals surface area contributed by atoms with E-state index in [1.165, 1.54) is 0 Å². The van der Waals surface area contributed by atoms with E-state index >= 15 is 0 Å². The number of nitrogens with zero attached hydrogens (tertiary/aromatic N) is 1. The van der Waals surface area contributed by atoms with E-state index in [2.05, 4.69) is 5.32 Å². The smallest absolute Gasteiger partial charge is 0.337 e. The lowest BCUT2D eigenvalue weighted by atomic mass is 10.1. The molecule has 26 heavy (non-hydrogen) atoms. The van der Waals surface area contributed by atoms with Gasteiger partial charge < -0.3 is 20.6 Å². The van der Waals surface area contributed by atoms with Crippen LogP contribution in [0.3, 0.4) is 0 Å². The zero-order valence-corrected chi connectivity index (χ0v) is 19.0. The molecule has 1 aromatic rings. The Balaban J connectivity index is 2.59. The molecule has 0 saturated heterocycles. The topological polar surface area (TPSA) is 144 Å². The Morgan fingerprint density at radius 3 is 1.92 bits per heavy atom. The van der Waals surface area contributed by atoms with Gasteiger partial charge in [0.2, 0.25) is 0 Å². The van der Waals surface area contributed by atoms with Crippen LogP contribution in [0.15, 0.2) is 11.8 Å². The predicted octanol–water partition coefficient (Wildman–Crippen LogP) is 1.55. The van der Waals surface area contributed by atoms with Crippen LogP contribution in [0.5, 0.6) is 0 Å². The van der Waals surface area contributed by atoms with E-state index in [-0.39, 0.29) is 39.8 Å². The van der Waals surface area contributed by atoms with Crippen molar-refractivity contribution in [3.05, 3.63) is 33.6 Å². The standard InChI is InChI=1S/C14H9I3N2O7/c15-8-6(13(23)24)9(16)11(10(17)7(8)14(25)26)18-4-3-5(21)19(1-2-20)12(4)22/h3,18,20H,1-2H2,(H,23,24)(H,25,26). The van der Waals surface area contributed by atoms with Crippen molar-refractivity contribution in [2.75, 3.05) is 18.5 Å². The first-order chi connectivity index (χ1) is 12.1. The molecule has 1 heterocycles. The van der Waals surface area contributed by atoms with Crippen LogP contribution >= 0.6 is 67.8 Å². The molecule has 0 aromatic heterocycles. The molecule has 0 bridgehead atoms. The number of hydrogen-bond donors (Lipinski definition) is 4. The number of aromatic carboxylic acids is 2. The summed E-state index contributed by atoms with van der Waals surface area (Å²) in [4.78, 5) is 48.1. The van der Waals surface area contributed by atoms with Crippen molar-refractivity contribution in [3.63, 3.8) is 0 Å². The summed E-state index contributed by atoms with van der Waals surface area (Å²) in [5.41, 5.74) is -0.444. The average molecular weight is 698 g/mol. The highest BCUT2D eigenvalue weighted by atomic mass is 127. The molecule has 0 saturated carbocycles. The summed E-state index contributed by atoms with van der Waals surface area (Å²) in [6, 6.07) is 0. The van der Waals surface area contributed by atoms with E-state index in [1.54, 1.807) is 67.8 Å². The largest absolute Gasteiger partial charge is 0.478 e. The van der Waals surface area contributed by atoms with Crippen molar-refractivity contribution in [3.8, 4) is 0 Å². The number of imide groups is 1. The number of rotatable bonds is 6. The Labute approximate surface area is 187 Å². The fourth-order valence-corrected chi connectivity index (χ4v) is 6.55. The van der Waals surface area contributed by atoms with E-state index in [0.717, 1.165) is 11.0 Å². The lowest BCUT2D eigenvalue weighted by molar-refractivity contribution is -0.137. The lowest BCUT2D eigenvalue weighted by Crippen LogP contribution is -2.34. The highest BCUT2D eigenvalue weighted by Crippen LogP contribution is 2.36. The summed E-state index contributed by atoms with van der Waals surface area (Å²) in [6.07, 6.45) is 1.02. The van der Waals surface area contributed by atoms with Gasteiger partial charge in [-0.3, -0.25) is 14.5 Å². The van der Waals surface area contributed by atoms with Crippen molar-refractivity contribution in [2.45, 2.75) is 0 Å². The van der Waals surface area contributed by atoms with Crippen molar-refractivity contribution >= 4 is 97.2 Å². The van der Waals surface area contributed by atoms with Crippen LogP contribution in [0.4, 0.5) is 5.69 Å². The monoisotopic (exact) mass is 698 g/mol. The Bertz CT molecular complexity index is 841. The summed E-state index contributed by atoms with van der Waals surface area (Å²) in [7, 11) is 0. The Morgan fingerprint density at radius 2 is 1.50 bits per heavy atom. The number of benzene rings is 1. The van der Waals surface area contributed by atoms with Gasteiger partial charge in [0.15, 0.2) is 0 Å². The third-order valence-corrected chi connectivity index (χ3v) is 6.57. The van der Waals surface area contributed by atoms with E-state index < -0.39 is 30.4 Å². The number of aliphatic hydroxyl groups excluding tert-OH is 1. The average Bonchev–Trinajstić information content (AvgIpc) is 2.78. The number of halogens is 3. The van der Waals surface area contributed by atoms with Gasteiger partial charge in [-0.25, -0.2) is 9.59 Å². The van der Waals surface area contributed by atoms with Gasteiger partial charge in [-0.05, 0) is 67.8 Å². The molecule has 4 N–H and O–H groups in total. The van der Waals surface area contributed by atoms with Gasteiger partial charge in [0.25, 0.3) is 11.8 Å². The number of carboxylic acids is 2. The normalized spacial score (nSPS) is 13.8. The second-order valence-electron chi connectivity index (χ2n) is 4.88. The molecule has 1 aliphatic heterocycles. The molecular formula is C14H9I3N2O7. The second-order valence-corrected chi connectivity index (χ2v) is 8.12. The van der Waals surface area contributed by atoms with E-state index in [1.807, 2.05) is 0 Å². The van der Waals surface area contributed by atoms with Gasteiger partial charge in [0.05, 0.1) is 37.1 Å². The third-order valence-electron chi connectivity index (χ3n) is 3.34. The minimum absolute atomic E-state index is 0.0617. The molecule has 138 valence electrons. The minimum Gasteiger partial charge on any atom is -0.478 e. The number of hydrogen-bond acceptors (Lipinski definition) is 6. The molecule has 0 atom stereocenters. The third kappa shape index (κ3) is 3.81. The molecule has 0 aliphatic carbocycles. The number of aliphatic hydroxyl groups is 1. The SMILES string of the molecule is O=C(O)c1c(I)c(NC2=CC(=O)N(CCO)C2=O)c(I)c(C(=O)O)c1I. The van der Waals surface area contributed by atoms with Crippen molar-refractivity contribution in [1.82, 2.24) is 4.90 Å². The quantitative estimate of drug-likeness (QED) is 0.259. The molecule has 9 nitrogen and oxygen atoms in total. The van der Waals surface area contributed by atoms with E-state index in [4.69, 9.17) is 5.11 Å². The zero-order valence-electron chi connectivity index (χ0n) is 12.5. The van der Waals surface area contributed by atoms with Crippen LogP contribution in [-0.2, 0) is 9.59 Å². The van der Waals surface area contributed by atoms with Crippen LogP contribution in [0, 0.1) is 10.7 Å². The molecular weight excluding hydrogens is 689 g/mol. The number of carbonyl (C=O) groups is 4. The Kier molecular flexibility index (Phi) is 6.83. The summed E-state index contributed by atoms with van der Waals surface area (Å²) in [5, 5.41) is 30.5. The van der Waals surface area contributed by atoms with E-state index in [9.17, 15) is 29.4 Å². The summed E-state index contributed by atoms with van der Waals surface area (Å²) < 4.78 is 0.470. The zero-order chi connectivity index (χ0) is 19.8. The summed E-state index contributed by atoms with van der Waals surface area (Å²) in [5.74, 6) is -3.95. The molecule has 0 unspecified atom stereocenters. The number of amides is 2. The predicted molar refractivity (Wildman–Crippen MR) is 114 cm³/mol. The van der Waals surface area contributed by atoms with Crippen LogP contribution in [0.25, 0.3) is 0 Å². The van der Waals surface area contributed by atoms with Gasteiger partial charge in [0, 0.05) is 9.65 Å². The highest BCUT2D eigenvalue weighted by molar-refractivity contribution is 14.1. The summed E-state index contributed by atoms with van der Waals surface area (Å²) in [6.45, 7) is -0.579. The fourth-order valence-electron chi connectivity index (χ4n) is 2.19. The maximum Gasteiger partial charge on any atom is 0.337 e. The highest BCUT2D eigenvalue weighted by Gasteiger charge is 2.33. The van der Waals surface area contributed by atoms with Crippen molar-refractivity contribution in [2.24, 2.45) is 0 Å².